The van der Waals surface area contributed by atoms with Crippen molar-refractivity contribution >= 4 is 5.91 Å². The van der Waals surface area contributed by atoms with Gasteiger partial charge in [-0.2, -0.15) is 0 Å². The van der Waals surface area contributed by atoms with Gasteiger partial charge in [-0.25, -0.2) is 0 Å². The average Bonchev–Trinajstić information content (AvgIpc) is 2.53. The van der Waals surface area contributed by atoms with E-state index in [2.05, 4.69) is 31.3 Å². The van der Waals surface area contributed by atoms with Gasteiger partial charge in [0, 0.05) is 24.7 Å². The number of hydrogen-bond acceptors (Lipinski definition) is 2. The number of hydrogen-bond donors (Lipinski definition) is 1. The van der Waals surface area contributed by atoms with Crippen LogP contribution in [-0.2, 0) is 0 Å². The van der Waals surface area contributed by atoms with Crippen LogP contribution >= 0.6 is 0 Å². The Hall–Kier alpha value is -1.35. The highest BCUT2D eigenvalue weighted by molar-refractivity contribution is 5.94. The van der Waals surface area contributed by atoms with Crippen molar-refractivity contribution in [2.45, 2.75) is 57.5 Å². The van der Waals surface area contributed by atoms with Crippen molar-refractivity contribution in [2.24, 2.45) is 0 Å². The molecule has 2 rings (SSSR count). The number of amides is 1. The lowest BCUT2D eigenvalue weighted by Gasteiger charge is -2.34. The fraction of sp³-hybridized carbons (Fsp3) is 0.611. The minimum absolute atomic E-state index is 0.151. The average molecular weight is 288 g/mol. The second-order valence-corrected chi connectivity index (χ2v) is 6.49. The molecule has 0 radical (unpaired) electrons. The van der Waals surface area contributed by atoms with Gasteiger partial charge in [-0.15, -0.1) is 0 Å². The molecular weight excluding hydrogens is 260 g/mol. The molecule has 21 heavy (non-hydrogen) atoms. The van der Waals surface area contributed by atoms with Crippen molar-refractivity contribution < 1.29 is 4.79 Å². The van der Waals surface area contributed by atoms with Crippen molar-refractivity contribution in [3.8, 4) is 0 Å². The predicted molar refractivity (Wildman–Crippen MR) is 87.7 cm³/mol. The van der Waals surface area contributed by atoms with Crippen molar-refractivity contribution in [1.29, 1.82) is 0 Å². The number of nitrogens with zero attached hydrogens (tertiary/aromatic N) is 1. The minimum Gasteiger partial charge on any atom is -0.339 e. The summed E-state index contributed by atoms with van der Waals surface area (Å²) >= 11 is 0. The summed E-state index contributed by atoms with van der Waals surface area (Å²) in [5, 5.41) is 3.34. The standard InChI is InChI=1S/C18H28N2O/c1-13(2)14-5-7-15(8-6-14)18(21)20(4)17-11-9-16(19-3)10-12-17/h5-8,13,16-17,19H,9-12H2,1-4H3. The smallest absolute Gasteiger partial charge is 0.253 e. The fourth-order valence-electron chi connectivity index (χ4n) is 3.13. The van der Waals surface area contributed by atoms with Gasteiger partial charge in [0.1, 0.15) is 0 Å². The van der Waals surface area contributed by atoms with E-state index in [-0.39, 0.29) is 5.91 Å². The third-order valence-electron chi connectivity index (χ3n) is 4.80. The largest absolute Gasteiger partial charge is 0.339 e. The molecule has 0 unspecified atom stereocenters. The molecule has 0 aliphatic heterocycles. The highest BCUT2D eigenvalue weighted by atomic mass is 16.2. The summed E-state index contributed by atoms with van der Waals surface area (Å²) in [4.78, 5) is 14.5. The zero-order chi connectivity index (χ0) is 15.4. The van der Waals surface area contributed by atoms with Gasteiger partial charge in [0.15, 0.2) is 0 Å². The maximum Gasteiger partial charge on any atom is 0.253 e. The van der Waals surface area contributed by atoms with Gasteiger partial charge in [0.05, 0.1) is 0 Å². The van der Waals surface area contributed by atoms with Crippen LogP contribution in [0.3, 0.4) is 0 Å². The fourth-order valence-corrected chi connectivity index (χ4v) is 3.13. The zero-order valence-corrected chi connectivity index (χ0v) is 13.7. The van der Waals surface area contributed by atoms with E-state index < -0.39 is 0 Å². The van der Waals surface area contributed by atoms with Gasteiger partial charge < -0.3 is 10.2 Å². The van der Waals surface area contributed by atoms with Gasteiger partial charge in [-0.1, -0.05) is 26.0 Å². The normalized spacial score (nSPS) is 22.3. The molecular formula is C18H28N2O. The summed E-state index contributed by atoms with van der Waals surface area (Å²) in [6, 6.07) is 9.08. The number of carbonyl (C=O) groups is 1. The molecule has 0 heterocycles. The lowest BCUT2D eigenvalue weighted by Crippen LogP contribution is -2.42. The molecule has 0 bridgehead atoms. The topological polar surface area (TPSA) is 32.3 Å². The van der Waals surface area contributed by atoms with Crippen molar-refractivity contribution in [3.05, 3.63) is 35.4 Å². The molecule has 0 spiro atoms. The summed E-state index contributed by atoms with van der Waals surface area (Å²) in [5.41, 5.74) is 2.08. The first-order valence-corrected chi connectivity index (χ1v) is 8.07. The first kappa shape index (κ1) is 16.0. The van der Waals surface area contributed by atoms with Crippen LogP contribution in [0, 0.1) is 0 Å². The van der Waals surface area contributed by atoms with E-state index in [1.54, 1.807) is 0 Å². The van der Waals surface area contributed by atoms with Crippen molar-refractivity contribution in [2.75, 3.05) is 14.1 Å². The number of rotatable bonds is 4. The quantitative estimate of drug-likeness (QED) is 0.921. The first-order valence-electron chi connectivity index (χ1n) is 8.07. The molecule has 3 nitrogen and oxygen atoms in total. The zero-order valence-electron chi connectivity index (χ0n) is 13.7. The van der Waals surface area contributed by atoms with Gasteiger partial charge >= 0.3 is 0 Å². The molecule has 0 aromatic heterocycles. The maximum atomic E-state index is 12.6. The summed E-state index contributed by atoms with van der Waals surface area (Å²) in [6.45, 7) is 4.34. The summed E-state index contributed by atoms with van der Waals surface area (Å²) in [6.07, 6.45) is 4.51. The van der Waals surface area contributed by atoms with Crippen LogP contribution in [0.5, 0.6) is 0 Å². The lowest BCUT2D eigenvalue weighted by atomic mass is 9.90. The van der Waals surface area contributed by atoms with Crippen molar-refractivity contribution in [1.82, 2.24) is 10.2 Å². The van der Waals surface area contributed by atoms with E-state index in [1.165, 1.54) is 5.56 Å². The molecule has 1 saturated carbocycles. The molecule has 1 amide bonds. The predicted octanol–water partition coefficient (Wildman–Crippen LogP) is 3.41. The molecule has 1 aromatic rings. The third-order valence-corrected chi connectivity index (χ3v) is 4.80. The van der Waals surface area contributed by atoms with Crippen LogP contribution in [0.25, 0.3) is 0 Å². The van der Waals surface area contributed by atoms with Gasteiger partial charge in [0.25, 0.3) is 5.91 Å². The Bertz CT molecular complexity index is 459. The molecule has 1 fully saturated rings. The molecule has 3 heteroatoms. The molecule has 0 saturated heterocycles. The molecule has 1 aliphatic rings. The highest BCUT2D eigenvalue weighted by Gasteiger charge is 2.26. The monoisotopic (exact) mass is 288 g/mol. The lowest BCUT2D eigenvalue weighted by molar-refractivity contribution is 0.0685. The Labute approximate surface area is 128 Å². The van der Waals surface area contributed by atoms with Crippen LogP contribution in [-0.4, -0.2) is 37.0 Å². The SMILES string of the molecule is CNC1CCC(N(C)C(=O)c2ccc(C(C)C)cc2)CC1. The Balaban J connectivity index is 1.99. The summed E-state index contributed by atoms with van der Waals surface area (Å²) in [5.74, 6) is 0.655. The van der Waals surface area contributed by atoms with Crippen LogP contribution in [0.4, 0.5) is 0 Å². The van der Waals surface area contributed by atoms with Crippen molar-refractivity contribution in [3.63, 3.8) is 0 Å². The summed E-state index contributed by atoms with van der Waals surface area (Å²) in [7, 11) is 3.97. The Morgan fingerprint density at radius 3 is 2.19 bits per heavy atom. The molecule has 1 aliphatic carbocycles. The molecule has 1 N–H and O–H groups in total. The van der Waals surface area contributed by atoms with E-state index in [4.69, 9.17) is 0 Å². The summed E-state index contributed by atoms with van der Waals surface area (Å²) < 4.78 is 0. The Morgan fingerprint density at radius 1 is 1.14 bits per heavy atom. The van der Waals surface area contributed by atoms with Crippen LogP contribution in [0.1, 0.15) is 61.4 Å². The van der Waals surface area contributed by atoms with Crippen LogP contribution < -0.4 is 5.32 Å². The highest BCUT2D eigenvalue weighted by Crippen LogP contribution is 2.24. The van der Waals surface area contributed by atoms with E-state index in [1.807, 2.05) is 31.1 Å². The van der Waals surface area contributed by atoms with E-state index in [0.29, 0.717) is 18.0 Å². The second-order valence-electron chi connectivity index (χ2n) is 6.49. The number of nitrogens with one attached hydrogen (secondary N) is 1. The molecule has 116 valence electrons. The Kier molecular flexibility index (Phi) is 5.40. The molecule has 0 atom stereocenters. The molecule has 1 aromatic carbocycles. The van der Waals surface area contributed by atoms with Gasteiger partial charge in [-0.3, -0.25) is 4.79 Å². The third kappa shape index (κ3) is 3.85. The second kappa shape index (κ2) is 7.08. The van der Waals surface area contributed by atoms with Gasteiger partial charge in [-0.05, 0) is 56.3 Å². The Morgan fingerprint density at radius 2 is 1.71 bits per heavy atom. The number of benzene rings is 1. The number of carbonyl (C=O) groups excluding carboxylic acids is 1. The maximum absolute atomic E-state index is 12.6. The minimum atomic E-state index is 0.151. The van der Waals surface area contributed by atoms with E-state index in [0.717, 1.165) is 31.2 Å². The van der Waals surface area contributed by atoms with E-state index in [9.17, 15) is 4.79 Å². The van der Waals surface area contributed by atoms with Crippen LogP contribution in [0.15, 0.2) is 24.3 Å². The first-order chi connectivity index (χ1) is 10.0. The van der Waals surface area contributed by atoms with Gasteiger partial charge in [0.2, 0.25) is 0 Å². The van der Waals surface area contributed by atoms with Crippen LogP contribution in [0.2, 0.25) is 0 Å². The van der Waals surface area contributed by atoms with E-state index >= 15 is 0 Å².